The fraction of sp³-hybridized carbons (Fsp3) is 0.125. The number of carbonyl (C=O) groups is 1. The Morgan fingerprint density at radius 2 is 2.00 bits per heavy atom. The highest BCUT2D eigenvalue weighted by Gasteiger charge is 2.09. The van der Waals surface area contributed by atoms with E-state index in [9.17, 15) is 4.79 Å². The van der Waals surface area contributed by atoms with Crippen molar-refractivity contribution in [2.24, 2.45) is 5.73 Å². The SMILES string of the molecule is NC(=O)OC(Cl)c1ccccc1. The van der Waals surface area contributed by atoms with Crippen molar-refractivity contribution in [1.29, 1.82) is 0 Å². The maximum absolute atomic E-state index is 10.3. The van der Waals surface area contributed by atoms with Gasteiger partial charge in [-0.1, -0.05) is 41.9 Å². The Labute approximate surface area is 75.1 Å². The molecule has 1 rings (SSSR count). The molecule has 1 unspecified atom stereocenters. The molecule has 0 radical (unpaired) electrons. The first-order valence-electron chi connectivity index (χ1n) is 3.35. The molecule has 0 fully saturated rings. The first-order chi connectivity index (χ1) is 5.70. The third-order valence-corrected chi connectivity index (χ3v) is 1.62. The van der Waals surface area contributed by atoms with Gasteiger partial charge < -0.3 is 10.5 Å². The molecule has 1 aromatic rings. The van der Waals surface area contributed by atoms with Crippen molar-refractivity contribution in [2.75, 3.05) is 0 Å². The highest BCUT2D eigenvalue weighted by atomic mass is 35.5. The summed E-state index contributed by atoms with van der Waals surface area (Å²) >= 11 is 5.68. The van der Waals surface area contributed by atoms with E-state index in [1.807, 2.05) is 6.07 Å². The average Bonchev–Trinajstić information content (AvgIpc) is 2.05. The summed E-state index contributed by atoms with van der Waals surface area (Å²) in [6.45, 7) is 0. The van der Waals surface area contributed by atoms with Crippen LogP contribution >= 0.6 is 11.6 Å². The maximum Gasteiger partial charge on any atom is 0.406 e. The molecule has 1 amide bonds. The van der Waals surface area contributed by atoms with Gasteiger partial charge in [-0.05, 0) is 0 Å². The minimum atomic E-state index is -0.876. The van der Waals surface area contributed by atoms with Gasteiger partial charge in [0.25, 0.3) is 0 Å². The van der Waals surface area contributed by atoms with Gasteiger partial charge in [0.1, 0.15) is 0 Å². The highest BCUT2D eigenvalue weighted by molar-refractivity contribution is 6.20. The van der Waals surface area contributed by atoms with E-state index in [0.29, 0.717) is 5.56 Å². The average molecular weight is 186 g/mol. The summed E-state index contributed by atoms with van der Waals surface area (Å²) < 4.78 is 4.54. The van der Waals surface area contributed by atoms with E-state index in [1.165, 1.54) is 0 Å². The number of alkyl halides is 1. The summed E-state index contributed by atoms with van der Waals surface area (Å²) in [6.07, 6.45) is -0.876. The largest absolute Gasteiger partial charge is 0.425 e. The normalized spacial score (nSPS) is 12.1. The van der Waals surface area contributed by atoms with Crippen LogP contribution in [0.25, 0.3) is 0 Å². The number of hydrogen-bond donors (Lipinski definition) is 1. The first kappa shape index (κ1) is 8.87. The van der Waals surface area contributed by atoms with Crippen LogP contribution in [0.15, 0.2) is 30.3 Å². The molecule has 12 heavy (non-hydrogen) atoms. The second-order valence-electron chi connectivity index (χ2n) is 2.16. The molecule has 3 nitrogen and oxygen atoms in total. The van der Waals surface area contributed by atoms with Crippen molar-refractivity contribution in [1.82, 2.24) is 0 Å². The van der Waals surface area contributed by atoms with Gasteiger partial charge in [-0.2, -0.15) is 0 Å². The molecule has 0 spiro atoms. The van der Waals surface area contributed by atoms with Gasteiger partial charge in [-0.25, -0.2) is 4.79 Å². The quantitative estimate of drug-likeness (QED) is 0.717. The van der Waals surface area contributed by atoms with Crippen LogP contribution in [-0.2, 0) is 4.74 Å². The zero-order valence-corrected chi connectivity index (χ0v) is 6.99. The number of ether oxygens (including phenoxy) is 1. The number of primary amides is 1. The standard InChI is InChI=1S/C8H8ClNO2/c9-7(12-8(10)11)6-4-2-1-3-5-6/h1-5,7H,(H2,10,11). The number of nitrogens with two attached hydrogens (primary N) is 1. The van der Waals surface area contributed by atoms with Gasteiger partial charge in [-0.15, -0.1) is 0 Å². The Balaban J connectivity index is 2.65. The number of amides is 1. The van der Waals surface area contributed by atoms with Crippen molar-refractivity contribution < 1.29 is 9.53 Å². The second kappa shape index (κ2) is 3.97. The molecular formula is C8H8ClNO2. The molecular weight excluding hydrogens is 178 g/mol. The fourth-order valence-corrected chi connectivity index (χ4v) is 1.01. The summed E-state index contributed by atoms with van der Waals surface area (Å²) in [5.74, 6) is 0. The van der Waals surface area contributed by atoms with Crippen molar-refractivity contribution >= 4 is 17.7 Å². The lowest BCUT2D eigenvalue weighted by molar-refractivity contribution is 0.143. The Hall–Kier alpha value is -1.22. The number of halogens is 1. The summed E-state index contributed by atoms with van der Waals surface area (Å²) in [5, 5.41) is 0. The van der Waals surface area contributed by atoms with E-state index < -0.39 is 11.7 Å². The zero-order chi connectivity index (χ0) is 8.97. The molecule has 0 aromatic heterocycles. The van der Waals surface area contributed by atoms with Gasteiger partial charge in [0.05, 0.1) is 0 Å². The zero-order valence-electron chi connectivity index (χ0n) is 6.24. The van der Waals surface area contributed by atoms with E-state index in [0.717, 1.165) is 0 Å². The molecule has 1 aromatic carbocycles. The van der Waals surface area contributed by atoms with Gasteiger partial charge in [0, 0.05) is 5.56 Å². The van der Waals surface area contributed by atoms with Crippen LogP contribution in [0, 0.1) is 0 Å². The Morgan fingerprint density at radius 1 is 1.42 bits per heavy atom. The molecule has 1 atom stereocenters. The molecule has 0 saturated carbocycles. The van der Waals surface area contributed by atoms with Crippen LogP contribution in [0.4, 0.5) is 4.79 Å². The summed E-state index contributed by atoms with van der Waals surface area (Å²) in [7, 11) is 0. The lowest BCUT2D eigenvalue weighted by atomic mass is 10.2. The number of hydrogen-bond acceptors (Lipinski definition) is 2. The number of rotatable bonds is 2. The molecule has 0 heterocycles. The summed E-state index contributed by atoms with van der Waals surface area (Å²) in [4.78, 5) is 10.3. The van der Waals surface area contributed by atoms with E-state index in [1.54, 1.807) is 24.3 Å². The highest BCUT2D eigenvalue weighted by Crippen LogP contribution is 2.20. The molecule has 0 aliphatic rings. The molecule has 0 aliphatic heterocycles. The molecule has 0 saturated heterocycles. The Bertz CT molecular complexity index is 263. The minimum absolute atomic E-state index is 0.706. The van der Waals surface area contributed by atoms with Crippen LogP contribution in [0.2, 0.25) is 0 Å². The van der Waals surface area contributed by atoms with E-state index >= 15 is 0 Å². The smallest absolute Gasteiger partial charge is 0.406 e. The first-order valence-corrected chi connectivity index (χ1v) is 3.79. The van der Waals surface area contributed by atoms with Crippen LogP contribution < -0.4 is 5.73 Å². The molecule has 64 valence electrons. The molecule has 4 heteroatoms. The van der Waals surface area contributed by atoms with Gasteiger partial charge in [0.2, 0.25) is 5.56 Å². The van der Waals surface area contributed by atoms with Crippen molar-refractivity contribution in [3.8, 4) is 0 Å². The maximum atomic E-state index is 10.3. The summed E-state index contributed by atoms with van der Waals surface area (Å²) in [6, 6.07) is 8.95. The van der Waals surface area contributed by atoms with Crippen molar-refractivity contribution in [2.45, 2.75) is 5.56 Å². The van der Waals surface area contributed by atoms with Crippen molar-refractivity contribution in [3.63, 3.8) is 0 Å². The van der Waals surface area contributed by atoms with Crippen molar-refractivity contribution in [3.05, 3.63) is 35.9 Å². The van der Waals surface area contributed by atoms with E-state index in [4.69, 9.17) is 17.3 Å². The number of carbonyl (C=O) groups excluding carboxylic acids is 1. The number of benzene rings is 1. The molecule has 0 aliphatic carbocycles. The fourth-order valence-electron chi connectivity index (χ4n) is 0.774. The van der Waals surface area contributed by atoms with Gasteiger partial charge in [-0.3, -0.25) is 0 Å². The van der Waals surface area contributed by atoms with E-state index in [-0.39, 0.29) is 0 Å². The van der Waals surface area contributed by atoms with Crippen LogP contribution in [-0.4, -0.2) is 6.09 Å². The third-order valence-electron chi connectivity index (χ3n) is 1.28. The predicted octanol–water partition coefficient (Wildman–Crippen LogP) is 2.02. The van der Waals surface area contributed by atoms with Gasteiger partial charge >= 0.3 is 6.09 Å². The van der Waals surface area contributed by atoms with Crippen LogP contribution in [0.5, 0.6) is 0 Å². The van der Waals surface area contributed by atoms with Gasteiger partial charge in [0.15, 0.2) is 0 Å². The van der Waals surface area contributed by atoms with Crippen LogP contribution in [0.1, 0.15) is 11.1 Å². The summed E-state index contributed by atoms with van der Waals surface area (Å²) in [5.41, 5.74) is 4.69. The second-order valence-corrected chi connectivity index (χ2v) is 2.56. The Kier molecular flexibility index (Phi) is 2.94. The third kappa shape index (κ3) is 2.43. The topological polar surface area (TPSA) is 52.3 Å². The monoisotopic (exact) mass is 185 g/mol. The predicted molar refractivity (Wildman–Crippen MR) is 45.7 cm³/mol. The van der Waals surface area contributed by atoms with E-state index in [2.05, 4.69) is 4.74 Å². The lowest BCUT2D eigenvalue weighted by Crippen LogP contribution is -2.14. The van der Waals surface area contributed by atoms with Crippen LogP contribution in [0.3, 0.4) is 0 Å². The molecule has 0 bridgehead atoms. The molecule has 2 N–H and O–H groups in total. The lowest BCUT2D eigenvalue weighted by Gasteiger charge is -2.08. The minimum Gasteiger partial charge on any atom is -0.425 e. The Morgan fingerprint density at radius 3 is 2.50 bits per heavy atom.